The third-order valence-corrected chi connectivity index (χ3v) is 4.96. The minimum atomic E-state index is 0.277. The summed E-state index contributed by atoms with van der Waals surface area (Å²) in [6.45, 7) is 2.48. The van der Waals surface area contributed by atoms with Crippen molar-refractivity contribution in [1.82, 2.24) is 9.55 Å². The molecule has 0 saturated heterocycles. The largest absolute Gasteiger partial charge is 0.488 e. The number of rotatable bonds is 7. The average Bonchev–Trinajstić information content (AvgIpc) is 3.18. The Morgan fingerprint density at radius 1 is 0.964 bits per heavy atom. The summed E-state index contributed by atoms with van der Waals surface area (Å²) in [6.07, 6.45) is 5.20. The molecule has 0 fully saturated rings. The van der Waals surface area contributed by atoms with Crippen LogP contribution in [0.1, 0.15) is 12.5 Å². The lowest BCUT2D eigenvalue weighted by atomic mass is 10.1. The molecule has 0 atom stereocenters. The molecule has 1 heterocycles. The number of nitrogens with zero attached hydrogens (tertiary/aromatic N) is 2. The van der Waals surface area contributed by atoms with E-state index in [2.05, 4.69) is 4.98 Å². The summed E-state index contributed by atoms with van der Waals surface area (Å²) in [5.41, 5.74) is 1.55. The number of allylic oxidation sites excluding steroid dienone is 1. The van der Waals surface area contributed by atoms with E-state index in [0.29, 0.717) is 31.6 Å². The molecule has 0 aliphatic rings. The topological polar surface area (TPSA) is 36.3 Å². The highest BCUT2D eigenvalue weighted by atomic mass is 35.5. The fraction of sp³-hybridized carbons (Fsp3) is 0.150. The van der Waals surface area contributed by atoms with Gasteiger partial charge in [-0.05, 0) is 43.3 Å². The number of benzene rings is 2. The molecule has 0 N–H and O–H groups in total. The van der Waals surface area contributed by atoms with E-state index in [4.69, 9.17) is 55.9 Å². The van der Waals surface area contributed by atoms with Crippen molar-refractivity contribution < 1.29 is 9.47 Å². The van der Waals surface area contributed by atoms with Crippen molar-refractivity contribution in [2.75, 3.05) is 13.2 Å². The van der Waals surface area contributed by atoms with E-state index in [1.165, 1.54) is 0 Å². The molecule has 8 heteroatoms. The van der Waals surface area contributed by atoms with Gasteiger partial charge < -0.3 is 14.0 Å². The SMILES string of the molecule is CC(=C(OCCOc1ccc(Cl)cc1Cl)c1ccc(Cl)cc1Cl)n1ccnc1. The van der Waals surface area contributed by atoms with Gasteiger partial charge in [0.25, 0.3) is 0 Å². The van der Waals surface area contributed by atoms with Gasteiger partial charge in [0.1, 0.15) is 24.7 Å². The van der Waals surface area contributed by atoms with Crippen LogP contribution in [0.2, 0.25) is 20.1 Å². The van der Waals surface area contributed by atoms with E-state index >= 15 is 0 Å². The molecule has 0 aliphatic heterocycles. The van der Waals surface area contributed by atoms with Crippen LogP contribution in [0.3, 0.4) is 0 Å². The van der Waals surface area contributed by atoms with Crippen molar-refractivity contribution in [3.05, 3.63) is 80.8 Å². The molecule has 0 bridgehead atoms. The minimum absolute atomic E-state index is 0.277. The summed E-state index contributed by atoms with van der Waals surface area (Å²) in [6, 6.07) is 10.3. The van der Waals surface area contributed by atoms with Crippen LogP contribution in [0.5, 0.6) is 5.75 Å². The Morgan fingerprint density at radius 2 is 1.68 bits per heavy atom. The van der Waals surface area contributed by atoms with Crippen molar-refractivity contribution >= 4 is 57.9 Å². The molecule has 0 saturated carbocycles. The molecule has 1 aromatic heterocycles. The predicted octanol–water partition coefficient (Wildman–Crippen LogP) is 6.94. The number of aromatic nitrogens is 2. The Balaban J connectivity index is 1.77. The van der Waals surface area contributed by atoms with E-state index < -0.39 is 0 Å². The standard InChI is InChI=1S/C20H16Cl4N2O2/c1-13(26-7-6-25-12-26)20(16-4-2-14(21)10-17(16)23)28-9-8-27-19-5-3-15(22)11-18(19)24/h2-7,10-12H,8-9H2,1H3. The molecular formula is C20H16Cl4N2O2. The van der Waals surface area contributed by atoms with Crippen LogP contribution in [0.4, 0.5) is 0 Å². The van der Waals surface area contributed by atoms with Crippen molar-refractivity contribution in [2.45, 2.75) is 6.92 Å². The monoisotopic (exact) mass is 456 g/mol. The smallest absolute Gasteiger partial charge is 0.147 e. The van der Waals surface area contributed by atoms with Crippen LogP contribution in [-0.4, -0.2) is 22.8 Å². The summed E-state index contributed by atoms with van der Waals surface area (Å²) in [4.78, 5) is 4.08. The van der Waals surface area contributed by atoms with Gasteiger partial charge in [0.2, 0.25) is 0 Å². The van der Waals surface area contributed by atoms with Crippen LogP contribution in [-0.2, 0) is 4.74 Å². The second kappa shape index (κ2) is 9.57. The lowest BCUT2D eigenvalue weighted by Crippen LogP contribution is -2.09. The minimum Gasteiger partial charge on any atom is -0.488 e. The fourth-order valence-corrected chi connectivity index (χ4v) is 3.47. The third kappa shape index (κ3) is 5.15. The molecule has 0 spiro atoms. The van der Waals surface area contributed by atoms with Gasteiger partial charge in [-0.2, -0.15) is 0 Å². The summed E-state index contributed by atoms with van der Waals surface area (Å²) in [5, 5.41) is 2.03. The van der Waals surface area contributed by atoms with E-state index in [0.717, 1.165) is 11.3 Å². The van der Waals surface area contributed by atoms with Crippen LogP contribution < -0.4 is 4.74 Å². The Bertz CT molecular complexity index is 988. The maximum Gasteiger partial charge on any atom is 0.147 e. The van der Waals surface area contributed by atoms with Crippen LogP contribution in [0, 0.1) is 0 Å². The molecule has 3 rings (SSSR count). The molecule has 2 aromatic carbocycles. The first kappa shape index (κ1) is 20.9. The summed E-state index contributed by atoms with van der Waals surface area (Å²) >= 11 is 24.4. The molecule has 0 radical (unpaired) electrons. The van der Waals surface area contributed by atoms with Gasteiger partial charge in [-0.25, -0.2) is 4.98 Å². The first-order valence-corrected chi connectivity index (χ1v) is 9.82. The Kier molecular flexibility index (Phi) is 7.13. The van der Waals surface area contributed by atoms with Gasteiger partial charge in [0.15, 0.2) is 0 Å². The summed E-state index contributed by atoms with van der Waals surface area (Å²) < 4.78 is 13.6. The van der Waals surface area contributed by atoms with Crippen molar-refractivity contribution in [2.24, 2.45) is 0 Å². The quantitative estimate of drug-likeness (QED) is 0.284. The van der Waals surface area contributed by atoms with Gasteiger partial charge >= 0.3 is 0 Å². The number of imidazole rings is 1. The van der Waals surface area contributed by atoms with Gasteiger partial charge in [-0.1, -0.05) is 46.4 Å². The average molecular weight is 458 g/mol. The van der Waals surface area contributed by atoms with E-state index in [1.54, 1.807) is 42.9 Å². The highest BCUT2D eigenvalue weighted by Crippen LogP contribution is 2.31. The lowest BCUT2D eigenvalue weighted by molar-refractivity contribution is 0.195. The van der Waals surface area contributed by atoms with Gasteiger partial charge in [-0.15, -0.1) is 0 Å². The Hall–Kier alpha value is -1.85. The Labute approximate surface area is 183 Å². The first-order valence-electron chi connectivity index (χ1n) is 8.31. The van der Waals surface area contributed by atoms with Crippen LogP contribution in [0.15, 0.2) is 55.1 Å². The van der Waals surface area contributed by atoms with Crippen LogP contribution >= 0.6 is 46.4 Å². The van der Waals surface area contributed by atoms with Gasteiger partial charge in [-0.3, -0.25) is 0 Å². The molecule has 0 unspecified atom stereocenters. The van der Waals surface area contributed by atoms with Crippen molar-refractivity contribution in [3.8, 4) is 5.75 Å². The molecule has 0 aliphatic carbocycles. The summed E-state index contributed by atoms with van der Waals surface area (Å²) in [5.74, 6) is 1.14. The molecule has 0 amide bonds. The van der Waals surface area contributed by atoms with Gasteiger partial charge in [0, 0.05) is 28.0 Å². The highest BCUT2D eigenvalue weighted by molar-refractivity contribution is 6.36. The van der Waals surface area contributed by atoms with E-state index in [-0.39, 0.29) is 13.2 Å². The van der Waals surface area contributed by atoms with Crippen molar-refractivity contribution in [1.29, 1.82) is 0 Å². The zero-order chi connectivity index (χ0) is 20.1. The third-order valence-electron chi connectivity index (χ3n) is 3.88. The highest BCUT2D eigenvalue weighted by Gasteiger charge is 2.14. The maximum absolute atomic E-state index is 6.39. The molecule has 3 aromatic rings. The molecule has 4 nitrogen and oxygen atoms in total. The fourth-order valence-electron chi connectivity index (χ4n) is 2.51. The zero-order valence-electron chi connectivity index (χ0n) is 14.8. The second-order valence-electron chi connectivity index (χ2n) is 5.78. The van der Waals surface area contributed by atoms with Crippen molar-refractivity contribution in [3.63, 3.8) is 0 Å². The number of hydrogen-bond acceptors (Lipinski definition) is 3. The van der Waals surface area contributed by atoms with E-state index in [9.17, 15) is 0 Å². The molecular weight excluding hydrogens is 442 g/mol. The normalized spacial score (nSPS) is 11.9. The zero-order valence-corrected chi connectivity index (χ0v) is 17.9. The summed E-state index contributed by atoms with van der Waals surface area (Å²) in [7, 11) is 0. The lowest BCUT2D eigenvalue weighted by Gasteiger charge is -2.17. The number of hydrogen-bond donors (Lipinski definition) is 0. The van der Waals surface area contributed by atoms with Crippen LogP contribution in [0.25, 0.3) is 11.5 Å². The van der Waals surface area contributed by atoms with E-state index in [1.807, 2.05) is 23.8 Å². The second-order valence-corrected chi connectivity index (χ2v) is 7.47. The Morgan fingerprint density at radius 3 is 2.32 bits per heavy atom. The molecule has 146 valence electrons. The first-order chi connectivity index (χ1) is 13.5. The number of halogens is 4. The maximum atomic E-state index is 6.39. The predicted molar refractivity (Wildman–Crippen MR) is 115 cm³/mol. The number of ether oxygens (including phenoxy) is 2. The van der Waals surface area contributed by atoms with Gasteiger partial charge in [0.05, 0.1) is 22.1 Å². The molecule has 28 heavy (non-hydrogen) atoms.